The number of rotatable bonds is 5. The van der Waals surface area contributed by atoms with Crippen molar-refractivity contribution in [2.75, 3.05) is 18.7 Å². The predicted molar refractivity (Wildman–Crippen MR) is 94.5 cm³/mol. The van der Waals surface area contributed by atoms with Crippen molar-refractivity contribution in [3.63, 3.8) is 0 Å². The number of allylic oxidation sites excluding steroid dienone is 1. The van der Waals surface area contributed by atoms with Crippen LogP contribution in [-0.4, -0.2) is 24.3 Å². The van der Waals surface area contributed by atoms with Crippen LogP contribution in [0.2, 0.25) is 0 Å². The van der Waals surface area contributed by atoms with Crippen molar-refractivity contribution in [1.82, 2.24) is 0 Å². The van der Waals surface area contributed by atoms with E-state index < -0.39 is 4.92 Å². The lowest BCUT2D eigenvalue weighted by molar-refractivity contribution is -0.384. The molecule has 0 N–H and O–H groups in total. The van der Waals surface area contributed by atoms with Gasteiger partial charge in [0.2, 0.25) is 0 Å². The van der Waals surface area contributed by atoms with Gasteiger partial charge >= 0.3 is 0 Å². The van der Waals surface area contributed by atoms with Gasteiger partial charge < -0.3 is 4.74 Å². The first-order chi connectivity index (χ1) is 11.7. The highest BCUT2D eigenvalue weighted by molar-refractivity contribution is 6.00. The number of hydrogen-bond donors (Lipinski definition) is 0. The van der Waals surface area contributed by atoms with E-state index in [1.807, 2.05) is 41.4 Å². The van der Waals surface area contributed by atoms with E-state index in [0.717, 1.165) is 35.7 Å². The van der Waals surface area contributed by atoms with Crippen molar-refractivity contribution < 1.29 is 9.66 Å². The number of benzene rings is 2. The standard InChI is InChI=1S/C18H17N3O3/c1-24-18-10-8-16(9-11-18)20-13-12-15(19-20)5-2-14-3-6-17(7-4-14)21(22)23/h2-11H,12-13H2,1H3. The fourth-order valence-electron chi connectivity index (χ4n) is 2.43. The first-order valence-electron chi connectivity index (χ1n) is 7.57. The van der Waals surface area contributed by atoms with Crippen molar-refractivity contribution in [1.29, 1.82) is 0 Å². The molecule has 2 aromatic carbocycles. The summed E-state index contributed by atoms with van der Waals surface area (Å²) in [6.45, 7) is 0.826. The van der Waals surface area contributed by atoms with Crippen molar-refractivity contribution in [2.24, 2.45) is 5.10 Å². The molecule has 24 heavy (non-hydrogen) atoms. The highest BCUT2D eigenvalue weighted by Gasteiger charge is 2.14. The van der Waals surface area contributed by atoms with Crippen LogP contribution in [-0.2, 0) is 0 Å². The van der Waals surface area contributed by atoms with Gasteiger partial charge in [0.15, 0.2) is 0 Å². The Morgan fingerprint density at radius 2 is 1.83 bits per heavy atom. The summed E-state index contributed by atoms with van der Waals surface area (Å²) in [4.78, 5) is 10.2. The summed E-state index contributed by atoms with van der Waals surface area (Å²) in [7, 11) is 1.64. The minimum absolute atomic E-state index is 0.0936. The maximum absolute atomic E-state index is 10.6. The van der Waals surface area contributed by atoms with Gasteiger partial charge in [-0.05, 0) is 48.0 Å². The molecule has 2 aromatic rings. The lowest BCUT2D eigenvalue weighted by Crippen LogP contribution is -2.11. The van der Waals surface area contributed by atoms with Gasteiger partial charge in [-0.25, -0.2) is 0 Å². The molecule has 1 aliphatic rings. The van der Waals surface area contributed by atoms with E-state index in [4.69, 9.17) is 4.74 Å². The predicted octanol–water partition coefficient (Wildman–Crippen LogP) is 3.88. The van der Waals surface area contributed by atoms with Crippen molar-refractivity contribution in [3.8, 4) is 5.75 Å². The lowest BCUT2D eigenvalue weighted by atomic mass is 10.1. The van der Waals surface area contributed by atoms with Crippen molar-refractivity contribution in [3.05, 3.63) is 70.3 Å². The molecular weight excluding hydrogens is 306 g/mol. The average molecular weight is 323 g/mol. The number of anilines is 1. The summed E-state index contributed by atoms with van der Waals surface area (Å²) in [5.74, 6) is 0.820. The third-order valence-corrected chi connectivity index (χ3v) is 3.77. The normalized spacial score (nSPS) is 14.0. The van der Waals surface area contributed by atoms with Gasteiger partial charge in [0, 0.05) is 25.1 Å². The number of nitro groups is 1. The first kappa shape index (κ1) is 15.7. The molecule has 0 aromatic heterocycles. The molecule has 0 spiro atoms. The van der Waals surface area contributed by atoms with E-state index in [2.05, 4.69) is 5.10 Å². The van der Waals surface area contributed by atoms with Gasteiger partial charge in [-0.2, -0.15) is 5.10 Å². The van der Waals surface area contributed by atoms with Crippen LogP contribution in [0.4, 0.5) is 11.4 Å². The summed E-state index contributed by atoms with van der Waals surface area (Å²) < 4.78 is 5.16. The average Bonchev–Trinajstić information content (AvgIpc) is 3.09. The number of methoxy groups -OCH3 is 1. The fraction of sp³-hybridized carbons (Fsp3) is 0.167. The van der Waals surface area contributed by atoms with Crippen LogP contribution in [0.3, 0.4) is 0 Å². The molecule has 3 rings (SSSR count). The molecule has 122 valence electrons. The zero-order valence-electron chi connectivity index (χ0n) is 13.3. The Morgan fingerprint density at radius 3 is 2.46 bits per heavy atom. The smallest absolute Gasteiger partial charge is 0.269 e. The van der Waals surface area contributed by atoms with Crippen molar-refractivity contribution >= 4 is 23.2 Å². The number of nitro benzene ring substituents is 1. The Kier molecular flexibility index (Phi) is 4.56. The van der Waals surface area contributed by atoms with Crippen LogP contribution < -0.4 is 9.75 Å². The van der Waals surface area contributed by atoms with Crippen LogP contribution in [0, 0.1) is 10.1 Å². The summed E-state index contributed by atoms with van der Waals surface area (Å²) in [5.41, 5.74) is 3.00. The van der Waals surface area contributed by atoms with E-state index in [0.29, 0.717) is 0 Å². The molecule has 1 heterocycles. The molecule has 0 unspecified atom stereocenters. The number of hydrogen-bond acceptors (Lipinski definition) is 5. The second-order valence-electron chi connectivity index (χ2n) is 5.34. The minimum atomic E-state index is -0.402. The Bertz CT molecular complexity index is 780. The monoisotopic (exact) mass is 323 g/mol. The van der Waals surface area contributed by atoms with Gasteiger partial charge in [0.1, 0.15) is 5.75 Å². The van der Waals surface area contributed by atoms with Crippen molar-refractivity contribution in [2.45, 2.75) is 6.42 Å². The molecule has 0 amide bonds. The molecular formula is C18H17N3O3. The van der Waals surface area contributed by atoms with E-state index in [9.17, 15) is 10.1 Å². The molecule has 1 aliphatic heterocycles. The summed E-state index contributed by atoms with van der Waals surface area (Å²) in [5, 5.41) is 17.2. The maximum atomic E-state index is 10.6. The number of nitrogens with zero attached hydrogens (tertiary/aromatic N) is 3. The summed E-state index contributed by atoms with van der Waals surface area (Å²) >= 11 is 0. The maximum Gasteiger partial charge on any atom is 0.269 e. The third kappa shape index (κ3) is 3.60. The first-order valence-corrected chi connectivity index (χ1v) is 7.57. The highest BCUT2D eigenvalue weighted by atomic mass is 16.6. The summed E-state index contributed by atoms with van der Waals surface area (Å²) in [6.07, 6.45) is 4.72. The number of hydrazone groups is 1. The Morgan fingerprint density at radius 1 is 1.12 bits per heavy atom. The molecule has 0 fully saturated rings. The van der Waals surface area contributed by atoms with Crippen LogP contribution in [0.5, 0.6) is 5.75 Å². The van der Waals surface area contributed by atoms with Gasteiger partial charge in [0.25, 0.3) is 5.69 Å². The van der Waals surface area contributed by atoms with E-state index >= 15 is 0 Å². The zero-order valence-corrected chi connectivity index (χ0v) is 13.3. The molecule has 0 atom stereocenters. The number of ether oxygens (including phenoxy) is 1. The Balaban J connectivity index is 1.68. The molecule has 0 saturated carbocycles. The van der Waals surface area contributed by atoms with E-state index in [-0.39, 0.29) is 5.69 Å². The molecule has 0 saturated heterocycles. The molecule has 6 heteroatoms. The Labute approximate surface area is 139 Å². The second kappa shape index (κ2) is 6.95. The van der Waals surface area contributed by atoms with Gasteiger partial charge in [0.05, 0.1) is 23.4 Å². The Hall–Kier alpha value is -3.15. The van der Waals surface area contributed by atoms with Gasteiger partial charge in [-0.1, -0.05) is 6.08 Å². The van der Waals surface area contributed by atoms with Crippen LogP contribution in [0.25, 0.3) is 6.08 Å². The van der Waals surface area contributed by atoms with Crippen LogP contribution in [0.15, 0.2) is 59.7 Å². The fourth-order valence-corrected chi connectivity index (χ4v) is 2.43. The summed E-state index contributed by atoms with van der Waals surface area (Å²) in [6, 6.07) is 14.2. The highest BCUT2D eigenvalue weighted by Crippen LogP contribution is 2.23. The van der Waals surface area contributed by atoms with E-state index in [1.54, 1.807) is 19.2 Å². The van der Waals surface area contributed by atoms with Crippen LogP contribution in [0.1, 0.15) is 12.0 Å². The molecule has 6 nitrogen and oxygen atoms in total. The topological polar surface area (TPSA) is 68.0 Å². The quantitative estimate of drug-likeness (QED) is 0.618. The minimum Gasteiger partial charge on any atom is -0.497 e. The second-order valence-corrected chi connectivity index (χ2v) is 5.34. The zero-order chi connectivity index (χ0) is 16.9. The molecule has 0 bridgehead atoms. The van der Waals surface area contributed by atoms with Crippen LogP contribution >= 0.6 is 0 Å². The number of non-ortho nitro benzene ring substituents is 1. The SMILES string of the molecule is COc1ccc(N2CCC(C=Cc3ccc([N+](=O)[O-])cc3)=N2)cc1. The van der Waals surface area contributed by atoms with Gasteiger partial charge in [-0.15, -0.1) is 0 Å². The molecule has 0 aliphatic carbocycles. The lowest BCUT2D eigenvalue weighted by Gasteiger charge is -2.13. The largest absolute Gasteiger partial charge is 0.497 e. The molecule has 0 radical (unpaired) electrons. The van der Waals surface area contributed by atoms with E-state index in [1.165, 1.54) is 12.1 Å². The third-order valence-electron chi connectivity index (χ3n) is 3.77. The van der Waals surface area contributed by atoms with Gasteiger partial charge in [-0.3, -0.25) is 15.1 Å².